The molecule has 0 saturated carbocycles. The van der Waals surface area contributed by atoms with Gasteiger partial charge in [0, 0.05) is 13.0 Å². The molecule has 1 atom stereocenters. The van der Waals surface area contributed by atoms with Gasteiger partial charge >= 0.3 is 11.9 Å². The van der Waals surface area contributed by atoms with E-state index in [9.17, 15) is 14.7 Å². The Kier molecular flexibility index (Phi) is 13.6. The van der Waals surface area contributed by atoms with Crippen molar-refractivity contribution in [1.29, 1.82) is 0 Å². The van der Waals surface area contributed by atoms with Gasteiger partial charge in [-0.3, -0.25) is 4.79 Å². The fraction of sp³-hybridized carbons (Fsp3) is 0.895. The maximum absolute atomic E-state index is 11.3. The fourth-order valence-electron chi connectivity index (χ4n) is 2.70. The Morgan fingerprint density at radius 1 is 0.833 bits per heavy atom. The van der Waals surface area contributed by atoms with Crippen molar-refractivity contribution in [2.24, 2.45) is 0 Å². The first kappa shape index (κ1) is 22.9. The van der Waals surface area contributed by atoms with Crippen LogP contribution in [0.5, 0.6) is 0 Å². The molecule has 1 unspecified atom stereocenters. The molecule has 0 aliphatic carbocycles. The third-order valence-corrected chi connectivity index (χ3v) is 4.42. The first-order valence-electron chi connectivity index (χ1n) is 9.51. The van der Waals surface area contributed by atoms with Gasteiger partial charge in [-0.05, 0) is 26.2 Å². The maximum atomic E-state index is 11.3. The number of carboxylic acids is 2. The number of ether oxygens (including phenoxy) is 1. The largest absolute Gasteiger partial charge is 0.481 e. The van der Waals surface area contributed by atoms with Crippen molar-refractivity contribution in [3.05, 3.63) is 0 Å². The molecule has 0 aromatic carbocycles. The monoisotopic (exact) mass is 344 g/mol. The van der Waals surface area contributed by atoms with Gasteiger partial charge in [0.25, 0.3) is 0 Å². The van der Waals surface area contributed by atoms with E-state index in [1.165, 1.54) is 58.3 Å². The van der Waals surface area contributed by atoms with Gasteiger partial charge in [0.2, 0.25) is 0 Å². The zero-order chi connectivity index (χ0) is 18.3. The molecule has 0 fully saturated rings. The van der Waals surface area contributed by atoms with E-state index in [-0.39, 0.29) is 12.8 Å². The summed E-state index contributed by atoms with van der Waals surface area (Å²) in [6, 6.07) is 0. The number of carbonyl (C=O) groups is 2. The van der Waals surface area contributed by atoms with E-state index < -0.39 is 17.5 Å². The van der Waals surface area contributed by atoms with Gasteiger partial charge < -0.3 is 14.9 Å². The SMILES string of the molecule is CCCCCCCCCCCCOC(C)(CCCC(=O)O)C(=O)O. The lowest BCUT2D eigenvalue weighted by Crippen LogP contribution is -2.38. The van der Waals surface area contributed by atoms with Gasteiger partial charge in [0.05, 0.1) is 0 Å². The number of hydrogen-bond donors (Lipinski definition) is 2. The van der Waals surface area contributed by atoms with Crippen LogP contribution in [0.25, 0.3) is 0 Å². The molecular formula is C19H36O5. The number of aliphatic carboxylic acids is 2. The second kappa shape index (κ2) is 14.3. The summed E-state index contributed by atoms with van der Waals surface area (Å²) in [7, 11) is 0. The van der Waals surface area contributed by atoms with Crippen LogP contribution >= 0.6 is 0 Å². The van der Waals surface area contributed by atoms with Gasteiger partial charge in [-0.1, -0.05) is 64.7 Å². The first-order chi connectivity index (χ1) is 11.4. The number of carboxylic acid groups (broad SMARTS) is 2. The Morgan fingerprint density at radius 3 is 1.79 bits per heavy atom. The molecule has 142 valence electrons. The molecule has 24 heavy (non-hydrogen) atoms. The van der Waals surface area contributed by atoms with E-state index in [0.29, 0.717) is 13.0 Å². The topological polar surface area (TPSA) is 83.8 Å². The van der Waals surface area contributed by atoms with Crippen LogP contribution in [-0.4, -0.2) is 34.4 Å². The van der Waals surface area contributed by atoms with Gasteiger partial charge in [0.15, 0.2) is 5.60 Å². The second-order valence-corrected chi connectivity index (χ2v) is 6.81. The smallest absolute Gasteiger partial charge is 0.335 e. The molecule has 5 nitrogen and oxygen atoms in total. The minimum absolute atomic E-state index is 0.0233. The van der Waals surface area contributed by atoms with Crippen LogP contribution in [0.15, 0.2) is 0 Å². The van der Waals surface area contributed by atoms with Crippen molar-refractivity contribution in [2.75, 3.05) is 6.61 Å². The van der Waals surface area contributed by atoms with Crippen LogP contribution in [0, 0.1) is 0 Å². The zero-order valence-corrected chi connectivity index (χ0v) is 15.5. The summed E-state index contributed by atoms with van der Waals surface area (Å²) < 4.78 is 5.55. The molecule has 0 aromatic rings. The quantitative estimate of drug-likeness (QED) is 0.362. The van der Waals surface area contributed by atoms with Crippen molar-refractivity contribution in [1.82, 2.24) is 0 Å². The lowest BCUT2D eigenvalue weighted by Gasteiger charge is -2.25. The summed E-state index contributed by atoms with van der Waals surface area (Å²) in [6.07, 6.45) is 12.7. The lowest BCUT2D eigenvalue weighted by atomic mass is 9.98. The van der Waals surface area contributed by atoms with Crippen LogP contribution in [0.3, 0.4) is 0 Å². The van der Waals surface area contributed by atoms with E-state index in [2.05, 4.69) is 6.92 Å². The Balaban J connectivity index is 3.67. The van der Waals surface area contributed by atoms with Crippen molar-refractivity contribution >= 4 is 11.9 Å². The Hall–Kier alpha value is -1.10. The number of unbranched alkanes of at least 4 members (excludes halogenated alkanes) is 9. The summed E-state index contributed by atoms with van der Waals surface area (Å²) in [6.45, 7) is 4.18. The zero-order valence-electron chi connectivity index (χ0n) is 15.5. The average molecular weight is 344 g/mol. The maximum Gasteiger partial charge on any atom is 0.335 e. The molecule has 0 aromatic heterocycles. The van der Waals surface area contributed by atoms with Crippen LogP contribution in [0.1, 0.15) is 97.3 Å². The van der Waals surface area contributed by atoms with E-state index in [4.69, 9.17) is 9.84 Å². The van der Waals surface area contributed by atoms with Crippen LogP contribution in [-0.2, 0) is 14.3 Å². The second-order valence-electron chi connectivity index (χ2n) is 6.81. The van der Waals surface area contributed by atoms with Gasteiger partial charge in [-0.25, -0.2) is 4.79 Å². The number of hydrogen-bond acceptors (Lipinski definition) is 3. The van der Waals surface area contributed by atoms with Crippen molar-refractivity contribution < 1.29 is 24.5 Å². The Morgan fingerprint density at radius 2 is 1.33 bits per heavy atom. The summed E-state index contributed by atoms with van der Waals surface area (Å²) in [5.41, 5.74) is -1.27. The Bertz CT molecular complexity index is 343. The fourth-order valence-corrected chi connectivity index (χ4v) is 2.70. The van der Waals surface area contributed by atoms with Crippen LogP contribution < -0.4 is 0 Å². The van der Waals surface area contributed by atoms with E-state index in [1.54, 1.807) is 0 Å². The van der Waals surface area contributed by atoms with Crippen LogP contribution in [0.2, 0.25) is 0 Å². The van der Waals surface area contributed by atoms with Crippen molar-refractivity contribution in [2.45, 2.75) is 103 Å². The van der Waals surface area contributed by atoms with Crippen molar-refractivity contribution in [3.63, 3.8) is 0 Å². The van der Waals surface area contributed by atoms with E-state index in [1.807, 2.05) is 0 Å². The van der Waals surface area contributed by atoms with Crippen LogP contribution in [0.4, 0.5) is 0 Å². The Labute approximate surface area is 146 Å². The molecule has 0 radical (unpaired) electrons. The van der Waals surface area contributed by atoms with Gasteiger partial charge in [-0.15, -0.1) is 0 Å². The molecule has 0 rings (SSSR count). The lowest BCUT2D eigenvalue weighted by molar-refractivity contribution is -0.165. The highest BCUT2D eigenvalue weighted by atomic mass is 16.5. The predicted octanol–water partition coefficient (Wildman–Crippen LogP) is 5.02. The molecule has 0 heterocycles. The summed E-state index contributed by atoms with van der Waals surface area (Å²) in [4.78, 5) is 21.9. The van der Waals surface area contributed by atoms with Gasteiger partial charge in [-0.2, -0.15) is 0 Å². The van der Waals surface area contributed by atoms with Gasteiger partial charge in [0.1, 0.15) is 0 Å². The standard InChI is InChI=1S/C19H36O5/c1-3-4-5-6-7-8-9-10-11-12-16-24-19(2,18(22)23)15-13-14-17(20)21/h3-16H2,1-2H3,(H,20,21)(H,22,23). The predicted molar refractivity (Wildman–Crippen MR) is 95.3 cm³/mol. The molecule has 0 aliphatic rings. The molecule has 2 N–H and O–H groups in total. The van der Waals surface area contributed by atoms with E-state index >= 15 is 0 Å². The first-order valence-corrected chi connectivity index (χ1v) is 9.51. The summed E-state index contributed by atoms with van der Waals surface area (Å²) >= 11 is 0. The summed E-state index contributed by atoms with van der Waals surface area (Å²) in [5, 5.41) is 17.9. The highest BCUT2D eigenvalue weighted by Gasteiger charge is 2.33. The average Bonchev–Trinajstić information content (AvgIpc) is 2.52. The molecule has 0 amide bonds. The normalized spacial score (nSPS) is 13.6. The molecular weight excluding hydrogens is 308 g/mol. The summed E-state index contributed by atoms with van der Waals surface area (Å²) in [5.74, 6) is -1.92. The molecule has 0 aliphatic heterocycles. The molecule has 5 heteroatoms. The highest BCUT2D eigenvalue weighted by molar-refractivity contribution is 5.77. The van der Waals surface area contributed by atoms with E-state index in [0.717, 1.165) is 12.8 Å². The minimum Gasteiger partial charge on any atom is -0.481 e. The molecule has 0 spiro atoms. The molecule has 0 saturated heterocycles. The third kappa shape index (κ3) is 12.3. The number of rotatable bonds is 17. The van der Waals surface area contributed by atoms with Crippen molar-refractivity contribution in [3.8, 4) is 0 Å². The highest BCUT2D eigenvalue weighted by Crippen LogP contribution is 2.20. The minimum atomic E-state index is -1.27. The molecule has 0 bridgehead atoms. The third-order valence-electron chi connectivity index (χ3n) is 4.42.